The van der Waals surface area contributed by atoms with Gasteiger partial charge in [0.2, 0.25) is 5.88 Å². The Hall–Kier alpha value is -1.58. The minimum Gasteiger partial charge on any atom is -0.437 e. The summed E-state index contributed by atoms with van der Waals surface area (Å²) in [6.07, 6.45) is 1.67. The van der Waals surface area contributed by atoms with Gasteiger partial charge in [0.15, 0.2) is 0 Å². The van der Waals surface area contributed by atoms with Crippen LogP contribution < -0.4 is 10.5 Å². The number of aryl methyl sites for hydroxylation is 1. The number of nitrogens with zero attached hydrogens (tertiary/aromatic N) is 1. The topological polar surface area (TPSA) is 48.1 Å². The average molecular weight is 249 g/mol. The smallest absolute Gasteiger partial charge is 0.219 e. The molecule has 0 aliphatic rings. The highest BCUT2D eigenvalue weighted by Crippen LogP contribution is 2.29. The molecule has 0 unspecified atom stereocenters. The first kappa shape index (κ1) is 11.9. The van der Waals surface area contributed by atoms with Gasteiger partial charge in [-0.1, -0.05) is 17.7 Å². The van der Waals surface area contributed by atoms with Crippen LogP contribution in [0.25, 0.3) is 0 Å². The lowest BCUT2D eigenvalue weighted by Crippen LogP contribution is -1.97. The van der Waals surface area contributed by atoms with E-state index in [0.717, 1.165) is 11.1 Å². The van der Waals surface area contributed by atoms with Crippen LogP contribution in [0.15, 0.2) is 36.5 Å². The number of ether oxygens (including phenoxy) is 1. The van der Waals surface area contributed by atoms with E-state index < -0.39 is 0 Å². The second-order valence-corrected chi connectivity index (χ2v) is 4.15. The van der Waals surface area contributed by atoms with E-state index in [4.69, 9.17) is 22.1 Å². The van der Waals surface area contributed by atoms with Gasteiger partial charge >= 0.3 is 0 Å². The number of hydrogen-bond donors (Lipinski definition) is 1. The van der Waals surface area contributed by atoms with E-state index in [1.54, 1.807) is 12.3 Å². The van der Waals surface area contributed by atoms with Gasteiger partial charge in [0, 0.05) is 18.8 Å². The van der Waals surface area contributed by atoms with Crippen molar-refractivity contribution in [3.05, 3.63) is 52.7 Å². The van der Waals surface area contributed by atoms with Crippen molar-refractivity contribution in [2.75, 3.05) is 0 Å². The SMILES string of the molecule is Cc1ccc(Oc2cc(CN)ccn2)c(Cl)c1. The average Bonchev–Trinajstić information content (AvgIpc) is 2.33. The predicted octanol–water partition coefficient (Wildman–Crippen LogP) is 3.29. The van der Waals surface area contributed by atoms with Crippen LogP contribution in [0.2, 0.25) is 5.02 Å². The molecule has 1 heterocycles. The number of rotatable bonds is 3. The molecule has 0 saturated heterocycles. The van der Waals surface area contributed by atoms with Crippen LogP contribution in [0.4, 0.5) is 0 Å². The molecule has 0 spiro atoms. The van der Waals surface area contributed by atoms with Crippen molar-refractivity contribution in [2.24, 2.45) is 5.73 Å². The van der Waals surface area contributed by atoms with Crippen LogP contribution in [-0.4, -0.2) is 4.98 Å². The first-order chi connectivity index (χ1) is 8.19. The van der Waals surface area contributed by atoms with Crippen molar-refractivity contribution in [1.29, 1.82) is 0 Å². The van der Waals surface area contributed by atoms with Crippen molar-refractivity contribution in [3.63, 3.8) is 0 Å². The van der Waals surface area contributed by atoms with Crippen LogP contribution in [-0.2, 0) is 6.54 Å². The number of nitrogens with two attached hydrogens (primary N) is 1. The molecule has 0 radical (unpaired) electrons. The van der Waals surface area contributed by atoms with Gasteiger partial charge in [-0.15, -0.1) is 0 Å². The van der Waals surface area contributed by atoms with Crippen molar-refractivity contribution in [2.45, 2.75) is 13.5 Å². The molecule has 2 rings (SSSR count). The summed E-state index contributed by atoms with van der Waals surface area (Å²) < 4.78 is 5.61. The van der Waals surface area contributed by atoms with Crippen LogP contribution >= 0.6 is 11.6 Å². The van der Waals surface area contributed by atoms with E-state index in [0.29, 0.717) is 23.2 Å². The molecular formula is C13H13ClN2O. The first-order valence-electron chi connectivity index (χ1n) is 5.28. The molecule has 17 heavy (non-hydrogen) atoms. The van der Waals surface area contributed by atoms with Crippen LogP contribution in [0.3, 0.4) is 0 Å². The Kier molecular flexibility index (Phi) is 3.61. The summed E-state index contributed by atoms with van der Waals surface area (Å²) >= 11 is 6.08. The zero-order valence-electron chi connectivity index (χ0n) is 9.48. The number of aromatic nitrogens is 1. The third-order valence-corrected chi connectivity index (χ3v) is 2.63. The Morgan fingerprint density at radius 3 is 2.82 bits per heavy atom. The highest BCUT2D eigenvalue weighted by atomic mass is 35.5. The van der Waals surface area contributed by atoms with Crippen LogP contribution in [0.5, 0.6) is 11.6 Å². The lowest BCUT2D eigenvalue weighted by Gasteiger charge is -2.07. The largest absolute Gasteiger partial charge is 0.437 e. The quantitative estimate of drug-likeness (QED) is 0.907. The molecule has 1 aromatic heterocycles. The number of hydrogen-bond acceptors (Lipinski definition) is 3. The number of benzene rings is 1. The Bertz CT molecular complexity index is 529. The van der Waals surface area contributed by atoms with Gasteiger partial charge in [-0.05, 0) is 36.2 Å². The highest BCUT2D eigenvalue weighted by Gasteiger charge is 2.04. The van der Waals surface area contributed by atoms with Crippen molar-refractivity contribution in [3.8, 4) is 11.6 Å². The number of halogens is 1. The van der Waals surface area contributed by atoms with Gasteiger partial charge < -0.3 is 10.5 Å². The summed E-state index contributed by atoms with van der Waals surface area (Å²) in [6.45, 7) is 2.43. The van der Waals surface area contributed by atoms with E-state index >= 15 is 0 Å². The van der Waals surface area contributed by atoms with E-state index in [1.807, 2.05) is 31.2 Å². The highest BCUT2D eigenvalue weighted by molar-refractivity contribution is 6.32. The fourth-order valence-corrected chi connectivity index (χ4v) is 1.71. The van der Waals surface area contributed by atoms with E-state index in [9.17, 15) is 0 Å². The van der Waals surface area contributed by atoms with Gasteiger partial charge in [0.1, 0.15) is 5.75 Å². The van der Waals surface area contributed by atoms with Crippen molar-refractivity contribution in [1.82, 2.24) is 4.98 Å². The lowest BCUT2D eigenvalue weighted by atomic mass is 10.2. The van der Waals surface area contributed by atoms with Gasteiger partial charge in [0.25, 0.3) is 0 Å². The summed E-state index contributed by atoms with van der Waals surface area (Å²) in [4.78, 5) is 4.11. The molecule has 88 valence electrons. The maximum Gasteiger partial charge on any atom is 0.219 e. The Morgan fingerprint density at radius 1 is 1.29 bits per heavy atom. The van der Waals surface area contributed by atoms with Gasteiger partial charge in [-0.2, -0.15) is 0 Å². The van der Waals surface area contributed by atoms with Crippen LogP contribution in [0, 0.1) is 6.92 Å². The summed E-state index contributed by atoms with van der Waals surface area (Å²) in [5.74, 6) is 1.10. The predicted molar refractivity (Wildman–Crippen MR) is 68.4 cm³/mol. The lowest BCUT2D eigenvalue weighted by molar-refractivity contribution is 0.462. The minimum absolute atomic E-state index is 0.459. The molecule has 0 aliphatic carbocycles. The Morgan fingerprint density at radius 2 is 2.12 bits per heavy atom. The summed E-state index contributed by atoms with van der Waals surface area (Å²) in [5.41, 5.74) is 7.61. The maximum absolute atomic E-state index is 6.08. The third kappa shape index (κ3) is 2.96. The van der Waals surface area contributed by atoms with Gasteiger partial charge in [-0.25, -0.2) is 4.98 Å². The normalized spacial score (nSPS) is 10.3. The Labute approximate surface area is 105 Å². The molecule has 2 N–H and O–H groups in total. The molecule has 0 aliphatic heterocycles. The molecule has 0 saturated carbocycles. The van der Waals surface area contributed by atoms with Crippen LogP contribution in [0.1, 0.15) is 11.1 Å². The van der Waals surface area contributed by atoms with E-state index in [2.05, 4.69) is 4.98 Å². The van der Waals surface area contributed by atoms with E-state index in [1.165, 1.54) is 0 Å². The molecule has 0 atom stereocenters. The third-order valence-electron chi connectivity index (χ3n) is 2.34. The minimum atomic E-state index is 0.459. The summed E-state index contributed by atoms with van der Waals surface area (Å²) in [6, 6.07) is 9.27. The fraction of sp³-hybridized carbons (Fsp3) is 0.154. The Balaban J connectivity index is 2.25. The van der Waals surface area contributed by atoms with E-state index in [-0.39, 0.29) is 0 Å². The summed E-state index contributed by atoms with van der Waals surface area (Å²) in [7, 11) is 0. The monoisotopic (exact) mass is 248 g/mol. The number of pyridine rings is 1. The second-order valence-electron chi connectivity index (χ2n) is 3.74. The first-order valence-corrected chi connectivity index (χ1v) is 5.66. The van der Waals surface area contributed by atoms with Gasteiger partial charge in [-0.3, -0.25) is 0 Å². The molecule has 3 nitrogen and oxygen atoms in total. The second kappa shape index (κ2) is 5.17. The zero-order valence-corrected chi connectivity index (χ0v) is 10.2. The maximum atomic E-state index is 6.08. The van der Waals surface area contributed by atoms with Gasteiger partial charge in [0.05, 0.1) is 5.02 Å². The standard InChI is InChI=1S/C13H13ClN2O/c1-9-2-3-12(11(14)6-9)17-13-7-10(8-15)4-5-16-13/h2-7H,8,15H2,1H3. The molecule has 4 heteroatoms. The van der Waals surface area contributed by atoms with Crippen molar-refractivity contribution < 1.29 is 4.74 Å². The molecule has 0 bridgehead atoms. The molecular weight excluding hydrogens is 236 g/mol. The molecule has 0 amide bonds. The fourth-order valence-electron chi connectivity index (χ4n) is 1.43. The van der Waals surface area contributed by atoms with Crippen molar-refractivity contribution >= 4 is 11.6 Å². The molecule has 2 aromatic rings. The molecule has 0 fully saturated rings. The molecule has 1 aromatic carbocycles. The summed E-state index contributed by atoms with van der Waals surface area (Å²) in [5, 5.41) is 0.574. The zero-order chi connectivity index (χ0) is 12.3.